The number of carbonyl (C=O) groups is 1. The lowest BCUT2D eigenvalue weighted by Crippen LogP contribution is -2.57. The van der Waals surface area contributed by atoms with E-state index >= 15 is 0 Å². The lowest BCUT2D eigenvalue weighted by molar-refractivity contribution is -0.135. The van der Waals surface area contributed by atoms with Crippen molar-refractivity contribution in [2.24, 2.45) is 5.92 Å². The van der Waals surface area contributed by atoms with Gasteiger partial charge in [0.1, 0.15) is 0 Å². The minimum absolute atomic E-state index is 0.205. The molecule has 0 saturated carbocycles. The van der Waals surface area contributed by atoms with Gasteiger partial charge in [-0.2, -0.15) is 0 Å². The molecule has 1 rings (SSSR count). The Morgan fingerprint density at radius 3 is 2.38 bits per heavy atom. The SMILES string of the molecule is C=CCC[C@@H]1C(=O)N[C@@H]1CCC=C. The molecule has 0 aromatic rings. The molecular formula is C11H17NO. The number of hydrogen-bond donors (Lipinski definition) is 1. The van der Waals surface area contributed by atoms with Gasteiger partial charge in [0.2, 0.25) is 5.91 Å². The Morgan fingerprint density at radius 1 is 1.23 bits per heavy atom. The van der Waals surface area contributed by atoms with Gasteiger partial charge in [0.15, 0.2) is 0 Å². The number of nitrogens with one attached hydrogen (secondary N) is 1. The van der Waals surface area contributed by atoms with Crippen LogP contribution in [0.1, 0.15) is 25.7 Å². The molecule has 1 fully saturated rings. The fourth-order valence-corrected chi connectivity index (χ4v) is 1.68. The van der Waals surface area contributed by atoms with Crippen LogP contribution in [-0.2, 0) is 4.79 Å². The van der Waals surface area contributed by atoms with Crippen molar-refractivity contribution in [1.29, 1.82) is 0 Å². The van der Waals surface area contributed by atoms with Gasteiger partial charge in [-0.15, -0.1) is 13.2 Å². The summed E-state index contributed by atoms with van der Waals surface area (Å²) in [5.74, 6) is 0.425. The lowest BCUT2D eigenvalue weighted by atomic mass is 9.84. The van der Waals surface area contributed by atoms with Gasteiger partial charge in [-0.3, -0.25) is 4.79 Å². The zero-order valence-corrected chi connectivity index (χ0v) is 7.96. The third kappa shape index (κ3) is 2.44. The van der Waals surface area contributed by atoms with Crippen molar-refractivity contribution in [1.82, 2.24) is 5.32 Å². The van der Waals surface area contributed by atoms with E-state index in [0.717, 1.165) is 25.7 Å². The van der Waals surface area contributed by atoms with Crippen molar-refractivity contribution in [2.75, 3.05) is 0 Å². The highest BCUT2D eigenvalue weighted by Crippen LogP contribution is 2.24. The smallest absolute Gasteiger partial charge is 0.225 e. The maximum atomic E-state index is 11.1. The van der Waals surface area contributed by atoms with Crippen molar-refractivity contribution in [3.63, 3.8) is 0 Å². The van der Waals surface area contributed by atoms with Gasteiger partial charge in [0.25, 0.3) is 0 Å². The van der Waals surface area contributed by atoms with Crippen LogP contribution < -0.4 is 5.32 Å². The number of allylic oxidation sites excluding steroid dienone is 2. The molecule has 0 radical (unpaired) electrons. The molecule has 1 amide bonds. The van der Waals surface area contributed by atoms with E-state index in [9.17, 15) is 4.79 Å². The summed E-state index contributed by atoms with van der Waals surface area (Å²) in [5.41, 5.74) is 0. The van der Waals surface area contributed by atoms with Crippen molar-refractivity contribution in [2.45, 2.75) is 31.7 Å². The summed E-state index contributed by atoms with van der Waals surface area (Å²) >= 11 is 0. The molecule has 2 atom stereocenters. The van der Waals surface area contributed by atoms with Gasteiger partial charge in [0.05, 0.1) is 5.92 Å². The number of carbonyl (C=O) groups excluding carboxylic acids is 1. The number of amides is 1. The Labute approximate surface area is 79.7 Å². The zero-order chi connectivity index (χ0) is 9.68. The molecule has 2 heteroatoms. The lowest BCUT2D eigenvalue weighted by Gasteiger charge is -2.36. The molecule has 0 aliphatic carbocycles. The van der Waals surface area contributed by atoms with Crippen LogP contribution in [0, 0.1) is 5.92 Å². The van der Waals surface area contributed by atoms with Gasteiger partial charge in [-0.25, -0.2) is 0 Å². The predicted molar refractivity (Wildman–Crippen MR) is 54.3 cm³/mol. The maximum Gasteiger partial charge on any atom is 0.225 e. The van der Waals surface area contributed by atoms with Crippen LogP contribution in [0.15, 0.2) is 25.3 Å². The van der Waals surface area contributed by atoms with E-state index < -0.39 is 0 Å². The van der Waals surface area contributed by atoms with E-state index in [0.29, 0.717) is 6.04 Å². The minimum atomic E-state index is 0.205. The van der Waals surface area contributed by atoms with Gasteiger partial charge in [0, 0.05) is 6.04 Å². The van der Waals surface area contributed by atoms with E-state index in [1.165, 1.54) is 0 Å². The molecular weight excluding hydrogens is 162 g/mol. The molecule has 0 aromatic carbocycles. The Bertz CT molecular complexity index is 210. The third-order valence-corrected chi connectivity index (χ3v) is 2.51. The molecule has 0 bridgehead atoms. The van der Waals surface area contributed by atoms with Gasteiger partial charge in [-0.05, 0) is 25.7 Å². The average Bonchev–Trinajstić information content (AvgIpc) is 2.12. The highest BCUT2D eigenvalue weighted by Gasteiger charge is 2.37. The summed E-state index contributed by atoms with van der Waals surface area (Å²) in [6, 6.07) is 0.380. The average molecular weight is 179 g/mol. The summed E-state index contributed by atoms with van der Waals surface area (Å²) in [7, 11) is 0. The second-order valence-electron chi connectivity index (χ2n) is 3.45. The molecule has 1 N–H and O–H groups in total. The first-order chi connectivity index (χ1) is 6.29. The van der Waals surface area contributed by atoms with Crippen LogP contribution in [0.5, 0.6) is 0 Å². The predicted octanol–water partition coefficient (Wildman–Crippen LogP) is 2.03. The molecule has 1 saturated heterocycles. The second kappa shape index (κ2) is 4.85. The molecule has 0 unspecified atom stereocenters. The third-order valence-electron chi connectivity index (χ3n) is 2.51. The van der Waals surface area contributed by atoms with Gasteiger partial charge < -0.3 is 5.32 Å². The summed E-state index contributed by atoms with van der Waals surface area (Å²) in [4.78, 5) is 11.1. The van der Waals surface area contributed by atoms with Crippen LogP contribution in [0.4, 0.5) is 0 Å². The zero-order valence-electron chi connectivity index (χ0n) is 7.96. The highest BCUT2D eigenvalue weighted by atomic mass is 16.2. The molecule has 0 aromatic heterocycles. The molecule has 1 aliphatic heterocycles. The Balaban J connectivity index is 2.27. The van der Waals surface area contributed by atoms with E-state index in [2.05, 4.69) is 18.5 Å². The van der Waals surface area contributed by atoms with Crippen LogP contribution in [0.3, 0.4) is 0 Å². The molecule has 2 nitrogen and oxygen atoms in total. The van der Waals surface area contributed by atoms with Crippen molar-refractivity contribution in [3.8, 4) is 0 Å². The van der Waals surface area contributed by atoms with Crippen LogP contribution >= 0.6 is 0 Å². The first-order valence-corrected chi connectivity index (χ1v) is 4.81. The minimum Gasteiger partial charge on any atom is -0.352 e. The number of rotatable bonds is 6. The first-order valence-electron chi connectivity index (χ1n) is 4.81. The van der Waals surface area contributed by atoms with Crippen molar-refractivity contribution >= 4 is 5.91 Å². The second-order valence-corrected chi connectivity index (χ2v) is 3.45. The van der Waals surface area contributed by atoms with Crippen LogP contribution in [-0.4, -0.2) is 11.9 Å². The standard InChI is InChI=1S/C11H17NO/c1-3-5-7-9-10(8-6-4-2)12-11(9)13/h3-4,9-10H,1-2,5-8H2,(H,12,13)/t9-,10+/m0/s1. The Kier molecular flexibility index (Phi) is 3.74. The summed E-state index contributed by atoms with van der Waals surface area (Å²) in [6.07, 6.45) is 7.65. The van der Waals surface area contributed by atoms with Crippen LogP contribution in [0.25, 0.3) is 0 Å². The quantitative estimate of drug-likeness (QED) is 0.490. The molecule has 72 valence electrons. The van der Waals surface area contributed by atoms with Crippen molar-refractivity contribution < 1.29 is 4.79 Å². The summed E-state index contributed by atoms with van der Waals surface area (Å²) in [6.45, 7) is 7.32. The largest absolute Gasteiger partial charge is 0.352 e. The number of hydrogen-bond acceptors (Lipinski definition) is 1. The van der Waals surface area contributed by atoms with Gasteiger partial charge in [-0.1, -0.05) is 12.2 Å². The molecule has 0 spiro atoms. The summed E-state index contributed by atoms with van der Waals surface area (Å²) < 4.78 is 0. The van der Waals surface area contributed by atoms with Crippen molar-refractivity contribution in [3.05, 3.63) is 25.3 Å². The topological polar surface area (TPSA) is 29.1 Å². The first kappa shape index (κ1) is 10.0. The normalized spacial score (nSPS) is 26.0. The Morgan fingerprint density at radius 2 is 1.85 bits per heavy atom. The highest BCUT2D eigenvalue weighted by molar-refractivity contribution is 5.85. The fourth-order valence-electron chi connectivity index (χ4n) is 1.68. The van der Waals surface area contributed by atoms with Gasteiger partial charge >= 0.3 is 0 Å². The Hall–Kier alpha value is -1.05. The molecule has 1 aliphatic rings. The summed E-state index contributed by atoms with van der Waals surface area (Å²) in [5, 5.41) is 2.92. The fraction of sp³-hybridized carbons (Fsp3) is 0.545. The molecule has 13 heavy (non-hydrogen) atoms. The van der Waals surface area contributed by atoms with E-state index in [4.69, 9.17) is 0 Å². The van der Waals surface area contributed by atoms with E-state index in [-0.39, 0.29) is 11.8 Å². The van der Waals surface area contributed by atoms with E-state index in [1.807, 2.05) is 12.2 Å². The number of β-lactam (4-membered cyclic amide) rings is 1. The molecule has 1 heterocycles. The maximum absolute atomic E-state index is 11.1. The monoisotopic (exact) mass is 179 g/mol. The van der Waals surface area contributed by atoms with Crippen LogP contribution in [0.2, 0.25) is 0 Å². The van der Waals surface area contributed by atoms with E-state index in [1.54, 1.807) is 0 Å².